The van der Waals surface area contributed by atoms with Crippen molar-refractivity contribution in [2.45, 2.75) is 13.1 Å². The van der Waals surface area contributed by atoms with Crippen LogP contribution in [0.4, 0.5) is 30.6 Å². The maximum absolute atomic E-state index is 12.9. The third-order valence-corrected chi connectivity index (χ3v) is 3.73. The van der Waals surface area contributed by atoms with E-state index in [9.17, 15) is 18.0 Å². The normalized spacial score (nSPS) is 11.2. The quantitative estimate of drug-likeness (QED) is 0.618. The monoisotopic (exact) mass is 391 g/mol. The zero-order valence-corrected chi connectivity index (χ0v) is 14.9. The summed E-state index contributed by atoms with van der Waals surface area (Å²) < 4.78 is 38.8. The van der Waals surface area contributed by atoms with Crippen LogP contribution >= 0.6 is 0 Å². The summed E-state index contributed by atoms with van der Waals surface area (Å²) in [4.78, 5) is 20.9. The first-order chi connectivity index (χ1) is 13.3. The van der Waals surface area contributed by atoms with Gasteiger partial charge in [-0.15, -0.1) is 0 Å². The number of aryl methyl sites for hydroxylation is 1. The third kappa shape index (κ3) is 4.19. The highest BCUT2D eigenvalue weighted by Crippen LogP contribution is 2.33. The van der Waals surface area contributed by atoms with Crippen molar-refractivity contribution in [3.63, 3.8) is 0 Å². The van der Waals surface area contributed by atoms with Crippen LogP contribution in [0.15, 0.2) is 42.7 Å². The van der Waals surface area contributed by atoms with Gasteiger partial charge in [-0.3, -0.25) is 4.79 Å². The second-order valence-electron chi connectivity index (χ2n) is 5.71. The lowest BCUT2D eigenvalue weighted by molar-refractivity contribution is -0.137. The Hall–Kier alpha value is -3.63. The minimum atomic E-state index is -4.57. The maximum Gasteiger partial charge on any atom is 0.421 e. The molecule has 2 aromatic heterocycles. The SMILES string of the molecule is CNc1nc(Nc2cn(NC(=O)c3ccccc3)nc2C)ncc1C(F)(F)F. The van der Waals surface area contributed by atoms with Gasteiger partial charge < -0.3 is 10.6 Å². The topological polar surface area (TPSA) is 96.8 Å². The molecule has 1 amide bonds. The number of alkyl halides is 3. The summed E-state index contributed by atoms with van der Waals surface area (Å²) in [5.74, 6) is -0.764. The molecule has 8 nitrogen and oxygen atoms in total. The second-order valence-corrected chi connectivity index (χ2v) is 5.71. The molecule has 0 radical (unpaired) electrons. The van der Waals surface area contributed by atoms with E-state index in [-0.39, 0.29) is 17.7 Å². The molecule has 0 saturated heterocycles. The van der Waals surface area contributed by atoms with Crippen molar-refractivity contribution in [1.29, 1.82) is 0 Å². The van der Waals surface area contributed by atoms with Gasteiger partial charge in [-0.1, -0.05) is 18.2 Å². The van der Waals surface area contributed by atoms with Crippen LogP contribution in [0.5, 0.6) is 0 Å². The van der Waals surface area contributed by atoms with Crippen molar-refractivity contribution in [3.05, 3.63) is 59.5 Å². The van der Waals surface area contributed by atoms with E-state index in [2.05, 4.69) is 31.1 Å². The minimum absolute atomic E-state index is 0.0469. The Bertz CT molecular complexity index is 986. The van der Waals surface area contributed by atoms with Gasteiger partial charge in [0.05, 0.1) is 17.6 Å². The molecule has 28 heavy (non-hydrogen) atoms. The summed E-state index contributed by atoms with van der Waals surface area (Å²) >= 11 is 0. The number of carbonyl (C=O) groups is 1. The van der Waals surface area contributed by atoms with Crippen LogP contribution in [-0.4, -0.2) is 32.8 Å². The van der Waals surface area contributed by atoms with Crippen molar-refractivity contribution in [2.24, 2.45) is 0 Å². The first kappa shape index (κ1) is 19.1. The van der Waals surface area contributed by atoms with E-state index in [1.54, 1.807) is 37.3 Å². The van der Waals surface area contributed by atoms with Gasteiger partial charge in [0.15, 0.2) is 0 Å². The fourth-order valence-corrected chi connectivity index (χ4v) is 2.36. The van der Waals surface area contributed by atoms with Gasteiger partial charge in [-0.25, -0.2) is 10.4 Å². The number of anilines is 3. The number of carbonyl (C=O) groups excluding carboxylic acids is 1. The van der Waals surface area contributed by atoms with E-state index in [0.29, 0.717) is 23.1 Å². The summed E-state index contributed by atoms with van der Waals surface area (Å²) in [7, 11) is 1.34. The summed E-state index contributed by atoms with van der Waals surface area (Å²) in [6, 6.07) is 8.57. The Balaban J connectivity index is 1.78. The molecule has 146 valence electrons. The van der Waals surface area contributed by atoms with Gasteiger partial charge >= 0.3 is 6.18 Å². The lowest BCUT2D eigenvalue weighted by Crippen LogP contribution is -2.23. The van der Waals surface area contributed by atoms with Crippen LogP contribution in [0, 0.1) is 6.92 Å². The van der Waals surface area contributed by atoms with E-state index in [0.717, 1.165) is 0 Å². The minimum Gasteiger partial charge on any atom is -0.372 e. The molecular weight excluding hydrogens is 375 g/mol. The van der Waals surface area contributed by atoms with Crippen LogP contribution in [-0.2, 0) is 6.18 Å². The molecule has 0 bridgehead atoms. The molecular formula is C17H16F3N7O. The van der Waals surface area contributed by atoms with Gasteiger partial charge in [0, 0.05) is 18.8 Å². The fraction of sp³-hybridized carbons (Fsp3) is 0.176. The fourth-order valence-electron chi connectivity index (χ4n) is 2.36. The number of hydrogen-bond acceptors (Lipinski definition) is 6. The molecule has 0 atom stereocenters. The number of aromatic nitrogens is 4. The highest BCUT2D eigenvalue weighted by molar-refractivity contribution is 5.99. The zero-order chi connectivity index (χ0) is 20.3. The molecule has 0 aliphatic carbocycles. The number of benzene rings is 1. The summed E-state index contributed by atoms with van der Waals surface area (Å²) in [6.07, 6.45) is -2.41. The number of hydrogen-bond donors (Lipinski definition) is 3. The van der Waals surface area contributed by atoms with Crippen molar-refractivity contribution < 1.29 is 18.0 Å². The van der Waals surface area contributed by atoms with E-state index in [1.165, 1.54) is 18.0 Å². The van der Waals surface area contributed by atoms with Crippen LogP contribution in [0.25, 0.3) is 0 Å². The molecule has 0 aliphatic rings. The molecule has 1 aromatic carbocycles. The lowest BCUT2D eigenvalue weighted by atomic mass is 10.2. The Labute approximate surface area is 157 Å². The second kappa shape index (κ2) is 7.55. The lowest BCUT2D eigenvalue weighted by Gasteiger charge is -2.12. The Morgan fingerprint density at radius 1 is 1.18 bits per heavy atom. The van der Waals surface area contributed by atoms with Gasteiger partial charge in [0.1, 0.15) is 11.4 Å². The predicted molar refractivity (Wildman–Crippen MR) is 97.0 cm³/mol. The van der Waals surface area contributed by atoms with Crippen molar-refractivity contribution >= 4 is 23.4 Å². The molecule has 0 aliphatic heterocycles. The van der Waals surface area contributed by atoms with Gasteiger partial charge in [-0.05, 0) is 19.1 Å². The number of nitrogens with zero attached hydrogens (tertiary/aromatic N) is 4. The molecule has 11 heteroatoms. The zero-order valence-electron chi connectivity index (χ0n) is 14.9. The van der Waals surface area contributed by atoms with Crippen LogP contribution in [0.1, 0.15) is 21.6 Å². The van der Waals surface area contributed by atoms with Crippen LogP contribution in [0.2, 0.25) is 0 Å². The number of halogens is 3. The van der Waals surface area contributed by atoms with E-state index >= 15 is 0 Å². The number of amides is 1. The molecule has 0 fully saturated rings. The highest BCUT2D eigenvalue weighted by atomic mass is 19.4. The highest BCUT2D eigenvalue weighted by Gasteiger charge is 2.35. The maximum atomic E-state index is 12.9. The molecule has 3 N–H and O–H groups in total. The van der Waals surface area contributed by atoms with Gasteiger partial charge in [0.2, 0.25) is 5.95 Å². The molecule has 3 aromatic rings. The van der Waals surface area contributed by atoms with E-state index < -0.39 is 11.7 Å². The summed E-state index contributed by atoms with van der Waals surface area (Å²) in [6.45, 7) is 1.66. The Morgan fingerprint density at radius 3 is 2.54 bits per heavy atom. The Morgan fingerprint density at radius 2 is 1.89 bits per heavy atom. The van der Waals surface area contributed by atoms with E-state index in [4.69, 9.17) is 0 Å². The van der Waals surface area contributed by atoms with Crippen molar-refractivity contribution in [1.82, 2.24) is 19.9 Å². The molecule has 0 unspecified atom stereocenters. The number of rotatable bonds is 5. The first-order valence-electron chi connectivity index (χ1n) is 8.09. The van der Waals surface area contributed by atoms with Crippen LogP contribution < -0.4 is 16.1 Å². The predicted octanol–water partition coefficient (Wildman–Crippen LogP) is 3.17. The summed E-state index contributed by atoms with van der Waals surface area (Å²) in [5.41, 5.74) is 2.98. The van der Waals surface area contributed by atoms with E-state index in [1.807, 2.05) is 0 Å². The largest absolute Gasteiger partial charge is 0.421 e. The van der Waals surface area contributed by atoms with Crippen molar-refractivity contribution in [3.8, 4) is 0 Å². The average Bonchev–Trinajstić information content (AvgIpc) is 3.00. The summed E-state index contributed by atoms with van der Waals surface area (Å²) in [5, 5.41) is 9.34. The number of nitrogens with one attached hydrogen (secondary N) is 3. The third-order valence-electron chi connectivity index (χ3n) is 3.73. The molecule has 2 heterocycles. The molecule has 0 saturated carbocycles. The van der Waals surface area contributed by atoms with Gasteiger partial charge in [-0.2, -0.15) is 28.0 Å². The van der Waals surface area contributed by atoms with Crippen LogP contribution in [0.3, 0.4) is 0 Å². The van der Waals surface area contributed by atoms with Crippen molar-refractivity contribution in [2.75, 3.05) is 23.1 Å². The molecule has 0 spiro atoms. The standard InChI is InChI=1S/C17H16F3N7O/c1-10-13(9-27(25-10)26-15(28)11-6-4-3-5-7-11)23-16-22-8-12(17(18,19)20)14(21-2)24-16/h3-9H,1-2H3,(H,26,28)(H2,21,22,23,24). The molecule has 3 rings (SSSR count). The first-order valence-corrected chi connectivity index (χ1v) is 8.09. The van der Waals surface area contributed by atoms with Gasteiger partial charge in [0.25, 0.3) is 5.91 Å². The Kier molecular flexibility index (Phi) is 5.16. The average molecular weight is 391 g/mol. The smallest absolute Gasteiger partial charge is 0.372 e.